The van der Waals surface area contributed by atoms with Gasteiger partial charge in [0.25, 0.3) is 0 Å². The van der Waals surface area contributed by atoms with E-state index in [-0.39, 0.29) is 6.61 Å². The van der Waals surface area contributed by atoms with E-state index >= 15 is 0 Å². The zero-order valence-electron chi connectivity index (χ0n) is 9.35. The van der Waals surface area contributed by atoms with Crippen LogP contribution in [0.3, 0.4) is 0 Å². The summed E-state index contributed by atoms with van der Waals surface area (Å²) in [6.45, 7) is 3.96. The van der Waals surface area contributed by atoms with Gasteiger partial charge in [-0.25, -0.2) is 9.97 Å². The molecule has 1 unspecified atom stereocenters. The van der Waals surface area contributed by atoms with Gasteiger partial charge < -0.3 is 14.6 Å². The highest BCUT2D eigenvalue weighted by atomic mass is 16.5. The second-order valence-electron chi connectivity index (χ2n) is 3.96. The normalized spacial score (nSPS) is 20.0. The van der Waals surface area contributed by atoms with Crippen LogP contribution in [0.25, 0.3) is 0 Å². The number of aliphatic hydroxyl groups excluding tert-OH is 1. The maximum Gasteiger partial charge on any atom is 0.316 e. The minimum Gasteiger partial charge on any atom is -0.463 e. The quantitative estimate of drug-likeness (QED) is 0.815. The molecule has 5 heteroatoms. The van der Waals surface area contributed by atoms with Gasteiger partial charge in [-0.05, 0) is 13.3 Å². The fourth-order valence-electron chi connectivity index (χ4n) is 1.60. The Kier molecular flexibility index (Phi) is 3.69. The monoisotopic (exact) mass is 224 g/mol. The van der Waals surface area contributed by atoms with E-state index in [2.05, 4.69) is 9.97 Å². The van der Waals surface area contributed by atoms with Crippen LogP contribution in [0.4, 0.5) is 0 Å². The summed E-state index contributed by atoms with van der Waals surface area (Å²) in [6, 6.07) is 0.376. The summed E-state index contributed by atoms with van der Waals surface area (Å²) in [5.74, 6) is 0.446. The van der Waals surface area contributed by atoms with Crippen molar-refractivity contribution in [1.29, 1.82) is 0 Å². The number of rotatable bonds is 4. The van der Waals surface area contributed by atoms with Gasteiger partial charge in [0.05, 0.1) is 25.5 Å². The predicted octanol–water partition coefficient (Wildman–Crippen LogP) is 0.693. The van der Waals surface area contributed by atoms with Crippen molar-refractivity contribution in [2.45, 2.75) is 20.0 Å². The fourth-order valence-corrected chi connectivity index (χ4v) is 1.60. The molecule has 1 aromatic heterocycles. The van der Waals surface area contributed by atoms with E-state index in [1.54, 1.807) is 6.20 Å². The molecule has 1 N–H and O–H groups in total. The molecule has 0 bridgehead atoms. The smallest absolute Gasteiger partial charge is 0.316 e. The number of hydrogen-bond acceptors (Lipinski definition) is 5. The Morgan fingerprint density at radius 1 is 1.62 bits per heavy atom. The average Bonchev–Trinajstić information content (AvgIpc) is 2.79. The molecule has 5 nitrogen and oxygen atoms in total. The van der Waals surface area contributed by atoms with Gasteiger partial charge in [-0.1, -0.05) is 0 Å². The van der Waals surface area contributed by atoms with Crippen molar-refractivity contribution in [2.24, 2.45) is 5.92 Å². The van der Waals surface area contributed by atoms with Crippen LogP contribution < -0.4 is 4.74 Å². The Hall–Kier alpha value is -1.20. The van der Waals surface area contributed by atoms with Crippen LogP contribution in [0.1, 0.15) is 17.7 Å². The van der Waals surface area contributed by atoms with Crippen molar-refractivity contribution < 1.29 is 14.6 Å². The summed E-state index contributed by atoms with van der Waals surface area (Å²) in [5.41, 5.74) is 1.49. The Labute approximate surface area is 94.4 Å². The number of nitrogens with zero attached hydrogens (tertiary/aromatic N) is 2. The van der Waals surface area contributed by atoms with Gasteiger partial charge in [0, 0.05) is 24.3 Å². The molecule has 0 amide bonds. The van der Waals surface area contributed by atoms with E-state index in [0.29, 0.717) is 18.5 Å². The zero-order chi connectivity index (χ0) is 11.4. The molecule has 88 valence electrons. The van der Waals surface area contributed by atoms with Crippen LogP contribution in [0.2, 0.25) is 0 Å². The molecule has 16 heavy (non-hydrogen) atoms. The van der Waals surface area contributed by atoms with Gasteiger partial charge in [-0.3, -0.25) is 0 Å². The van der Waals surface area contributed by atoms with Crippen LogP contribution >= 0.6 is 0 Å². The maximum absolute atomic E-state index is 8.97. The van der Waals surface area contributed by atoms with Crippen molar-refractivity contribution >= 4 is 0 Å². The summed E-state index contributed by atoms with van der Waals surface area (Å²) in [5, 5.41) is 8.97. The number of aromatic nitrogens is 2. The first kappa shape index (κ1) is 11.3. The molecule has 0 aliphatic carbocycles. The first-order chi connectivity index (χ1) is 7.79. The lowest BCUT2D eigenvalue weighted by atomic mass is 10.1. The molecule has 0 aromatic carbocycles. The van der Waals surface area contributed by atoms with Crippen LogP contribution in [-0.2, 0) is 11.3 Å². The summed E-state index contributed by atoms with van der Waals surface area (Å²) >= 11 is 0. The zero-order valence-corrected chi connectivity index (χ0v) is 9.35. The van der Waals surface area contributed by atoms with E-state index in [4.69, 9.17) is 14.6 Å². The molecule has 1 aliphatic heterocycles. The Morgan fingerprint density at radius 3 is 3.12 bits per heavy atom. The highest BCUT2D eigenvalue weighted by Crippen LogP contribution is 2.14. The topological polar surface area (TPSA) is 64.5 Å². The minimum atomic E-state index is -0.0391. The fraction of sp³-hybridized carbons (Fsp3) is 0.636. The van der Waals surface area contributed by atoms with Gasteiger partial charge in [0.2, 0.25) is 0 Å². The Bertz CT molecular complexity index is 351. The Morgan fingerprint density at radius 2 is 2.50 bits per heavy atom. The third-order valence-electron chi connectivity index (χ3n) is 2.70. The largest absolute Gasteiger partial charge is 0.463 e. The lowest BCUT2D eigenvalue weighted by molar-refractivity contribution is 0.163. The molecule has 0 saturated carbocycles. The van der Waals surface area contributed by atoms with Crippen molar-refractivity contribution in [3.8, 4) is 6.01 Å². The standard InChI is InChI=1S/C11H16N2O3/c1-8-10(5-14)4-12-11(13-8)16-7-9-2-3-15-6-9/h4,9,14H,2-3,5-7H2,1H3. The molecular weight excluding hydrogens is 208 g/mol. The highest BCUT2D eigenvalue weighted by Gasteiger charge is 2.16. The van der Waals surface area contributed by atoms with Crippen molar-refractivity contribution in [3.05, 3.63) is 17.5 Å². The third-order valence-corrected chi connectivity index (χ3v) is 2.70. The summed E-state index contributed by atoms with van der Waals surface area (Å²) in [4.78, 5) is 8.21. The van der Waals surface area contributed by atoms with E-state index < -0.39 is 0 Å². The first-order valence-corrected chi connectivity index (χ1v) is 5.43. The van der Waals surface area contributed by atoms with Crippen LogP contribution in [0.15, 0.2) is 6.20 Å². The van der Waals surface area contributed by atoms with Crippen molar-refractivity contribution in [3.63, 3.8) is 0 Å². The third kappa shape index (κ3) is 2.68. The number of aryl methyl sites for hydroxylation is 1. The number of aliphatic hydroxyl groups is 1. The molecule has 0 spiro atoms. The summed E-state index contributed by atoms with van der Waals surface area (Å²) in [6.07, 6.45) is 2.64. The van der Waals surface area contributed by atoms with Gasteiger partial charge >= 0.3 is 6.01 Å². The lowest BCUT2D eigenvalue weighted by Crippen LogP contribution is -2.13. The van der Waals surface area contributed by atoms with Gasteiger partial charge in [-0.15, -0.1) is 0 Å². The second-order valence-corrected chi connectivity index (χ2v) is 3.96. The van der Waals surface area contributed by atoms with Crippen molar-refractivity contribution in [1.82, 2.24) is 9.97 Å². The highest BCUT2D eigenvalue weighted by molar-refractivity contribution is 5.16. The maximum atomic E-state index is 8.97. The van der Waals surface area contributed by atoms with Gasteiger partial charge in [0.1, 0.15) is 0 Å². The molecule has 1 aromatic rings. The van der Waals surface area contributed by atoms with Gasteiger partial charge in [0.15, 0.2) is 0 Å². The van der Waals surface area contributed by atoms with Crippen molar-refractivity contribution in [2.75, 3.05) is 19.8 Å². The lowest BCUT2D eigenvalue weighted by Gasteiger charge is -2.09. The minimum absolute atomic E-state index is 0.0391. The molecule has 2 rings (SSSR count). The SMILES string of the molecule is Cc1nc(OCC2CCOC2)ncc1CO. The van der Waals surface area contributed by atoms with E-state index in [9.17, 15) is 0 Å². The molecule has 1 atom stereocenters. The first-order valence-electron chi connectivity index (χ1n) is 5.43. The molecule has 1 saturated heterocycles. The number of hydrogen-bond donors (Lipinski definition) is 1. The molecular formula is C11H16N2O3. The average molecular weight is 224 g/mol. The molecule has 0 radical (unpaired) electrons. The summed E-state index contributed by atoms with van der Waals surface area (Å²) < 4.78 is 10.7. The van der Waals surface area contributed by atoms with Crippen LogP contribution in [-0.4, -0.2) is 34.9 Å². The van der Waals surface area contributed by atoms with E-state index in [1.807, 2.05) is 6.92 Å². The van der Waals surface area contributed by atoms with E-state index in [0.717, 1.165) is 30.9 Å². The second kappa shape index (κ2) is 5.23. The van der Waals surface area contributed by atoms with Crippen LogP contribution in [0.5, 0.6) is 6.01 Å². The van der Waals surface area contributed by atoms with Crippen LogP contribution in [0, 0.1) is 12.8 Å². The molecule has 2 heterocycles. The predicted molar refractivity (Wildman–Crippen MR) is 57.1 cm³/mol. The molecule has 1 fully saturated rings. The van der Waals surface area contributed by atoms with Gasteiger partial charge in [-0.2, -0.15) is 0 Å². The van der Waals surface area contributed by atoms with E-state index in [1.165, 1.54) is 0 Å². The Balaban J connectivity index is 1.91. The number of ether oxygens (including phenoxy) is 2. The summed E-state index contributed by atoms with van der Waals surface area (Å²) in [7, 11) is 0. The molecule has 1 aliphatic rings.